The van der Waals surface area contributed by atoms with Crippen LogP contribution in [0, 0.1) is 0 Å². The monoisotopic (exact) mass is 256 g/mol. The molecule has 0 amide bonds. The van der Waals surface area contributed by atoms with Crippen LogP contribution in [-0.4, -0.2) is 21.0 Å². The number of carbonyl (C=O) groups is 1. The van der Waals surface area contributed by atoms with E-state index in [0.717, 1.165) is 10.9 Å². The molecule has 0 radical (unpaired) electrons. The number of para-hydroxylation sites is 1. The van der Waals surface area contributed by atoms with Gasteiger partial charge in [-0.25, -0.2) is 14.8 Å². The van der Waals surface area contributed by atoms with Gasteiger partial charge in [0, 0.05) is 10.8 Å². The van der Waals surface area contributed by atoms with Crippen LogP contribution in [0.25, 0.3) is 21.6 Å². The third kappa shape index (κ3) is 1.84. The molecule has 0 saturated carbocycles. The second kappa shape index (κ2) is 4.19. The number of carboxylic acids is 1. The Kier molecular flexibility index (Phi) is 2.53. The van der Waals surface area contributed by atoms with E-state index in [1.54, 1.807) is 0 Å². The second-order valence-electron chi connectivity index (χ2n) is 3.73. The highest BCUT2D eigenvalue weighted by Gasteiger charge is 2.11. The highest BCUT2D eigenvalue weighted by Crippen LogP contribution is 2.24. The molecule has 0 bridgehead atoms. The summed E-state index contributed by atoms with van der Waals surface area (Å²) in [5.74, 6) is -1.02. The molecule has 0 atom stereocenters. The first-order valence-electron chi connectivity index (χ1n) is 5.29. The maximum absolute atomic E-state index is 10.8. The van der Waals surface area contributed by atoms with Crippen molar-refractivity contribution in [3.63, 3.8) is 0 Å². The summed E-state index contributed by atoms with van der Waals surface area (Å²) in [4.78, 5) is 19.3. The molecule has 0 spiro atoms. The van der Waals surface area contributed by atoms with E-state index in [1.807, 2.05) is 36.4 Å². The Morgan fingerprint density at radius 1 is 1.11 bits per heavy atom. The molecule has 2 aromatic heterocycles. The lowest BCUT2D eigenvalue weighted by Gasteiger charge is -1.99. The van der Waals surface area contributed by atoms with Gasteiger partial charge in [0.25, 0.3) is 0 Å². The van der Waals surface area contributed by atoms with E-state index in [0.29, 0.717) is 10.7 Å². The summed E-state index contributed by atoms with van der Waals surface area (Å²) >= 11 is 1.29. The minimum Gasteiger partial charge on any atom is -0.476 e. The number of nitrogens with zero attached hydrogens (tertiary/aromatic N) is 2. The van der Waals surface area contributed by atoms with Crippen LogP contribution in [0.1, 0.15) is 10.5 Å². The smallest absolute Gasteiger partial charge is 0.355 e. The molecule has 1 N–H and O–H groups in total. The minimum atomic E-state index is -1.02. The van der Waals surface area contributed by atoms with Gasteiger partial charge in [-0.1, -0.05) is 24.3 Å². The molecule has 3 aromatic rings. The van der Waals surface area contributed by atoms with Crippen molar-refractivity contribution >= 4 is 28.2 Å². The maximum atomic E-state index is 10.8. The summed E-state index contributed by atoms with van der Waals surface area (Å²) in [5, 5.41) is 12.0. The quantitative estimate of drug-likeness (QED) is 0.765. The number of hydrogen-bond donors (Lipinski definition) is 1. The van der Waals surface area contributed by atoms with Crippen molar-refractivity contribution in [3.05, 3.63) is 47.5 Å². The lowest BCUT2D eigenvalue weighted by Crippen LogP contribution is -1.95. The Morgan fingerprint density at radius 3 is 2.72 bits per heavy atom. The van der Waals surface area contributed by atoms with Crippen molar-refractivity contribution in [2.45, 2.75) is 0 Å². The Hall–Kier alpha value is -2.27. The fourth-order valence-corrected chi connectivity index (χ4v) is 2.44. The molecule has 3 rings (SSSR count). The number of fused-ring (bicyclic) bond motifs is 1. The number of rotatable bonds is 2. The fraction of sp³-hybridized carbons (Fsp3) is 0. The summed E-state index contributed by atoms with van der Waals surface area (Å²) < 4.78 is 0. The number of carboxylic acid groups (broad SMARTS) is 1. The maximum Gasteiger partial charge on any atom is 0.355 e. The fourth-order valence-electron chi connectivity index (χ4n) is 1.67. The first kappa shape index (κ1) is 10.9. The summed E-state index contributed by atoms with van der Waals surface area (Å²) in [7, 11) is 0. The molecule has 1 aromatic carbocycles. The molecule has 88 valence electrons. The SMILES string of the molecule is O=C(O)c1csc(-c2ccc3ccccc3n2)n1. The van der Waals surface area contributed by atoms with Crippen LogP contribution in [-0.2, 0) is 0 Å². The van der Waals surface area contributed by atoms with E-state index in [1.165, 1.54) is 16.7 Å². The first-order chi connectivity index (χ1) is 8.74. The highest BCUT2D eigenvalue weighted by molar-refractivity contribution is 7.13. The second-order valence-corrected chi connectivity index (χ2v) is 4.59. The molecular formula is C13H8N2O2S. The van der Waals surface area contributed by atoms with Gasteiger partial charge in [-0.05, 0) is 12.1 Å². The van der Waals surface area contributed by atoms with Gasteiger partial charge in [0.2, 0.25) is 0 Å². The van der Waals surface area contributed by atoms with Crippen molar-refractivity contribution in [2.75, 3.05) is 0 Å². The van der Waals surface area contributed by atoms with Crippen LogP contribution in [0.15, 0.2) is 41.8 Å². The lowest BCUT2D eigenvalue weighted by atomic mass is 10.2. The van der Waals surface area contributed by atoms with Crippen molar-refractivity contribution < 1.29 is 9.90 Å². The lowest BCUT2D eigenvalue weighted by molar-refractivity contribution is 0.0691. The molecule has 18 heavy (non-hydrogen) atoms. The van der Waals surface area contributed by atoms with Gasteiger partial charge >= 0.3 is 5.97 Å². The Labute approximate surface area is 107 Å². The van der Waals surface area contributed by atoms with Gasteiger partial charge in [-0.2, -0.15) is 0 Å². The van der Waals surface area contributed by atoms with Crippen LogP contribution in [0.5, 0.6) is 0 Å². The molecule has 0 unspecified atom stereocenters. The van der Waals surface area contributed by atoms with Crippen LogP contribution >= 0.6 is 11.3 Å². The van der Waals surface area contributed by atoms with Gasteiger partial charge in [0.1, 0.15) is 5.01 Å². The largest absolute Gasteiger partial charge is 0.476 e. The third-order valence-corrected chi connectivity index (χ3v) is 3.41. The number of benzene rings is 1. The zero-order valence-electron chi connectivity index (χ0n) is 9.20. The van der Waals surface area contributed by atoms with Crippen LogP contribution in [0.2, 0.25) is 0 Å². The third-order valence-electron chi connectivity index (χ3n) is 2.54. The average Bonchev–Trinajstić information content (AvgIpc) is 2.88. The van der Waals surface area contributed by atoms with Crippen molar-refractivity contribution in [1.29, 1.82) is 0 Å². The summed E-state index contributed by atoms with van der Waals surface area (Å²) in [6, 6.07) is 11.6. The van der Waals surface area contributed by atoms with Crippen LogP contribution in [0.4, 0.5) is 0 Å². The molecule has 0 fully saturated rings. The zero-order chi connectivity index (χ0) is 12.5. The number of hydrogen-bond acceptors (Lipinski definition) is 4. The average molecular weight is 256 g/mol. The predicted octanol–water partition coefficient (Wildman–Crippen LogP) is 3.06. The van der Waals surface area contributed by atoms with Crippen LogP contribution in [0.3, 0.4) is 0 Å². The topological polar surface area (TPSA) is 63.1 Å². The highest BCUT2D eigenvalue weighted by atomic mass is 32.1. The molecule has 4 nitrogen and oxygen atoms in total. The normalized spacial score (nSPS) is 10.7. The Morgan fingerprint density at radius 2 is 1.94 bits per heavy atom. The first-order valence-corrected chi connectivity index (χ1v) is 6.17. The van der Waals surface area contributed by atoms with E-state index in [2.05, 4.69) is 9.97 Å². The molecule has 0 aliphatic heterocycles. The van der Waals surface area contributed by atoms with Gasteiger partial charge in [-0.15, -0.1) is 11.3 Å². The molecule has 0 aliphatic carbocycles. The van der Waals surface area contributed by atoms with E-state index < -0.39 is 5.97 Å². The number of aromatic nitrogens is 2. The summed E-state index contributed by atoms with van der Waals surface area (Å²) in [5.41, 5.74) is 1.64. The minimum absolute atomic E-state index is 0.0601. The molecule has 5 heteroatoms. The van der Waals surface area contributed by atoms with Crippen molar-refractivity contribution in [2.24, 2.45) is 0 Å². The molecule has 0 saturated heterocycles. The molecule has 2 heterocycles. The van der Waals surface area contributed by atoms with E-state index >= 15 is 0 Å². The number of pyridine rings is 1. The molecule has 0 aliphatic rings. The van der Waals surface area contributed by atoms with E-state index in [4.69, 9.17) is 5.11 Å². The van der Waals surface area contributed by atoms with Gasteiger partial charge in [0.15, 0.2) is 5.69 Å². The van der Waals surface area contributed by atoms with Gasteiger partial charge in [-0.3, -0.25) is 0 Å². The predicted molar refractivity (Wildman–Crippen MR) is 69.8 cm³/mol. The standard InChI is InChI=1S/C13H8N2O2S/c16-13(17)11-7-18-12(15-11)10-6-5-8-3-1-2-4-9(8)14-10/h1-7H,(H,16,17). The zero-order valence-corrected chi connectivity index (χ0v) is 10.0. The van der Waals surface area contributed by atoms with Gasteiger partial charge < -0.3 is 5.11 Å². The Balaban J connectivity index is 2.10. The van der Waals surface area contributed by atoms with Gasteiger partial charge in [0.05, 0.1) is 11.2 Å². The molecular weight excluding hydrogens is 248 g/mol. The number of thiazole rings is 1. The van der Waals surface area contributed by atoms with E-state index in [-0.39, 0.29) is 5.69 Å². The van der Waals surface area contributed by atoms with Crippen LogP contribution < -0.4 is 0 Å². The van der Waals surface area contributed by atoms with E-state index in [9.17, 15) is 4.79 Å². The summed E-state index contributed by atoms with van der Waals surface area (Å²) in [6.07, 6.45) is 0. The van der Waals surface area contributed by atoms with Crippen molar-refractivity contribution in [1.82, 2.24) is 9.97 Å². The Bertz CT molecular complexity index is 736. The van der Waals surface area contributed by atoms with Crippen molar-refractivity contribution in [3.8, 4) is 10.7 Å². The summed E-state index contributed by atoms with van der Waals surface area (Å²) in [6.45, 7) is 0. The number of aromatic carboxylic acids is 1.